The number of halogens is 3. The summed E-state index contributed by atoms with van der Waals surface area (Å²) in [5, 5.41) is 5.44. The van der Waals surface area contributed by atoms with Crippen molar-refractivity contribution in [3.63, 3.8) is 0 Å². The molecule has 2 N–H and O–H groups in total. The molecule has 2 amide bonds. The lowest BCUT2D eigenvalue weighted by atomic mass is 9.96. The largest absolute Gasteiger partial charge is 0.496 e. The Morgan fingerprint density at radius 2 is 2.04 bits per heavy atom. The molecular formula is C16H19F3N2O3. The first-order valence-electron chi connectivity index (χ1n) is 7.75. The fourth-order valence-corrected chi connectivity index (χ4v) is 3.21. The number of carbonyl (C=O) groups is 1. The number of alkyl halides is 3. The van der Waals surface area contributed by atoms with E-state index in [2.05, 4.69) is 10.6 Å². The predicted molar refractivity (Wildman–Crippen MR) is 81.0 cm³/mol. The highest BCUT2D eigenvalue weighted by Crippen LogP contribution is 2.53. The first-order chi connectivity index (χ1) is 11.3. The zero-order valence-electron chi connectivity index (χ0n) is 13.2. The lowest BCUT2D eigenvalue weighted by molar-refractivity contribution is -0.138. The van der Waals surface area contributed by atoms with Gasteiger partial charge in [0.15, 0.2) is 0 Å². The van der Waals surface area contributed by atoms with Crippen molar-refractivity contribution in [3.8, 4) is 5.75 Å². The van der Waals surface area contributed by atoms with Crippen LogP contribution in [-0.2, 0) is 10.9 Å². The van der Waals surface area contributed by atoms with Gasteiger partial charge in [-0.05, 0) is 36.8 Å². The number of benzene rings is 1. The summed E-state index contributed by atoms with van der Waals surface area (Å²) in [7, 11) is 1.16. The summed E-state index contributed by atoms with van der Waals surface area (Å²) < 4.78 is 48.6. The first kappa shape index (κ1) is 16.9. The molecule has 0 aromatic heterocycles. The van der Waals surface area contributed by atoms with Gasteiger partial charge in [-0.1, -0.05) is 0 Å². The van der Waals surface area contributed by atoms with E-state index >= 15 is 0 Å². The van der Waals surface area contributed by atoms with E-state index < -0.39 is 17.8 Å². The number of anilines is 1. The van der Waals surface area contributed by atoms with Crippen LogP contribution in [0.25, 0.3) is 0 Å². The van der Waals surface area contributed by atoms with Gasteiger partial charge in [-0.15, -0.1) is 0 Å². The minimum atomic E-state index is -4.50. The quantitative estimate of drug-likeness (QED) is 0.883. The number of hydrogen-bond donors (Lipinski definition) is 2. The van der Waals surface area contributed by atoms with E-state index in [4.69, 9.17) is 9.47 Å². The van der Waals surface area contributed by atoms with E-state index in [-0.39, 0.29) is 22.9 Å². The Hall–Kier alpha value is -1.96. The Labute approximate surface area is 137 Å². The summed E-state index contributed by atoms with van der Waals surface area (Å²) in [4.78, 5) is 12.1. The number of ether oxygens (including phenoxy) is 2. The average Bonchev–Trinajstić information content (AvgIpc) is 3.17. The van der Waals surface area contributed by atoms with Crippen molar-refractivity contribution in [1.29, 1.82) is 0 Å². The number of rotatable bonds is 3. The molecule has 2 aliphatic rings. The van der Waals surface area contributed by atoms with Crippen molar-refractivity contribution >= 4 is 11.7 Å². The summed E-state index contributed by atoms with van der Waals surface area (Å²) in [5.74, 6) is -0.326. The monoisotopic (exact) mass is 344 g/mol. The molecule has 1 aliphatic carbocycles. The molecule has 132 valence electrons. The zero-order chi connectivity index (χ0) is 17.4. The van der Waals surface area contributed by atoms with E-state index in [1.807, 2.05) is 0 Å². The Balaban J connectivity index is 1.61. The minimum Gasteiger partial charge on any atom is -0.496 e. The Morgan fingerprint density at radius 1 is 1.33 bits per heavy atom. The summed E-state index contributed by atoms with van der Waals surface area (Å²) in [6.45, 7) is 1.41. The maximum absolute atomic E-state index is 12.8. The maximum atomic E-state index is 12.8. The molecule has 1 spiro atoms. The van der Waals surface area contributed by atoms with Crippen molar-refractivity contribution < 1.29 is 27.4 Å². The van der Waals surface area contributed by atoms with Crippen molar-refractivity contribution in [3.05, 3.63) is 23.8 Å². The molecule has 1 heterocycles. The molecule has 0 unspecified atom stereocenters. The SMILES string of the molecule is COc1cc(NC(=O)N[C@H]2CC23CCOCC3)ccc1C(F)(F)F. The lowest BCUT2D eigenvalue weighted by Gasteiger charge is -2.23. The van der Waals surface area contributed by atoms with E-state index in [0.717, 1.165) is 32.4 Å². The van der Waals surface area contributed by atoms with Crippen LogP contribution in [0.2, 0.25) is 0 Å². The van der Waals surface area contributed by atoms with Crippen LogP contribution < -0.4 is 15.4 Å². The second kappa shape index (κ2) is 6.16. The molecule has 8 heteroatoms. The first-order valence-corrected chi connectivity index (χ1v) is 7.75. The van der Waals surface area contributed by atoms with Gasteiger partial charge in [-0.2, -0.15) is 13.2 Å². The number of hydrogen-bond acceptors (Lipinski definition) is 3. The van der Waals surface area contributed by atoms with Crippen LogP contribution in [0, 0.1) is 5.41 Å². The van der Waals surface area contributed by atoms with Crippen molar-refractivity contribution in [2.24, 2.45) is 5.41 Å². The van der Waals surface area contributed by atoms with Crippen LogP contribution in [0.4, 0.5) is 23.7 Å². The molecule has 24 heavy (non-hydrogen) atoms. The second-order valence-electron chi connectivity index (χ2n) is 6.24. The molecule has 1 saturated carbocycles. The van der Waals surface area contributed by atoms with E-state index in [1.165, 1.54) is 12.1 Å². The maximum Gasteiger partial charge on any atom is 0.419 e. The molecule has 0 bridgehead atoms. The van der Waals surface area contributed by atoms with Gasteiger partial charge < -0.3 is 20.1 Å². The van der Waals surface area contributed by atoms with Crippen molar-refractivity contribution in [2.75, 3.05) is 25.6 Å². The van der Waals surface area contributed by atoms with Gasteiger partial charge in [-0.25, -0.2) is 4.79 Å². The molecule has 1 atom stereocenters. The third kappa shape index (κ3) is 3.43. The third-order valence-corrected chi connectivity index (χ3v) is 4.75. The van der Waals surface area contributed by atoms with Crippen LogP contribution in [-0.4, -0.2) is 32.4 Å². The van der Waals surface area contributed by atoms with Gasteiger partial charge in [0.25, 0.3) is 0 Å². The molecule has 1 aromatic carbocycles. The highest BCUT2D eigenvalue weighted by molar-refractivity contribution is 5.90. The fourth-order valence-electron chi connectivity index (χ4n) is 3.21. The van der Waals surface area contributed by atoms with Gasteiger partial charge in [-0.3, -0.25) is 0 Å². The Bertz CT molecular complexity index is 627. The molecule has 2 fully saturated rings. The van der Waals surface area contributed by atoms with Crippen LogP contribution in [0.1, 0.15) is 24.8 Å². The van der Waals surface area contributed by atoms with Gasteiger partial charge in [0.2, 0.25) is 0 Å². The van der Waals surface area contributed by atoms with Gasteiger partial charge >= 0.3 is 12.2 Å². The summed E-state index contributed by atoms with van der Waals surface area (Å²) in [6, 6.07) is 2.94. The number of urea groups is 1. The molecule has 0 radical (unpaired) electrons. The fraction of sp³-hybridized carbons (Fsp3) is 0.562. The topological polar surface area (TPSA) is 59.6 Å². The minimum absolute atomic E-state index is 0.0951. The van der Waals surface area contributed by atoms with Crippen LogP contribution in [0.3, 0.4) is 0 Å². The Morgan fingerprint density at radius 3 is 2.67 bits per heavy atom. The molecule has 5 nitrogen and oxygen atoms in total. The molecule has 1 aromatic rings. The summed E-state index contributed by atoms with van der Waals surface area (Å²) in [6.07, 6.45) is -1.74. The predicted octanol–water partition coefficient (Wildman–Crippen LogP) is 3.40. The van der Waals surface area contributed by atoms with Crippen molar-refractivity contribution in [2.45, 2.75) is 31.5 Å². The number of methoxy groups -OCH3 is 1. The average molecular weight is 344 g/mol. The van der Waals surface area contributed by atoms with E-state index in [0.29, 0.717) is 13.2 Å². The Kier molecular flexibility index (Phi) is 4.33. The normalized spacial score (nSPS) is 22.1. The van der Waals surface area contributed by atoms with Crippen molar-refractivity contribution in [1.82, 2.24) is 5.32 Å². The lowest BCUT2D eigenvalue weighted by Crippen LogP contribution is -2.35. The van der Waals surface area contributed by atoms with Gasteiger partial charge in [0.1, 0.15) is 5.75 Å². The highest BCUT2D eigenvalue weighted by Gasteiger charge is 2.55. The summed E-state index contributed by atoms with van der Waals surface area (Å²) >= 11 is 0. The second-order valence-corrected chi connectivity index (χ2v) is 6.24. The molecular weight excluding hydrogens is 325 g/mol. The van der Waals surface area contributed by atoms with E-state index in [9.17, 15) is 18.0 Å². The third-order valence-electron chi connectivity index (χ3n) is 4.75. The van der Waals surface area contributed by atoms with Crippen LogP contribution in [0.15, 0.2) is 18.2 Å². The van der Waals surface area contributed by atoms with Crippen LogP contribution in [0.5, 0.6) is 5.75 Å². The van der Waals surface area contributed by atoms with E-state index in [1.54, 1.807) is 0 Å². The smallest absolute Gasteiger partial charge is 0.419 e. The van der Waals surface area contributed by atoms with Gasteiger partial charge in [0, 0.05) is 31.0 Å². The number of nitrogens with one attached hydrogen (secondary N) is 2. The highest BCUT2D eigenvalue weighted by atomic mass is 19.4. The zero-order valence-corrected chi connectivity index (χ0v) is 13.2. The standard InChI is InChI=1S/C16H19F3N2O3/c1-23-12-8-10(2-3-11(12)16(17,18)19)20-14(22)21-13-9-15(13)4-6-24-7-5-15/h2-3,8,13H,4-7,9H2,1H3,(H2,20,21,22)/t13-/m0/s1. The van der Waals surface area contributed by atoms with Crippen LogP contribution >= 0.6 is 0 Å². The number of amides is 2. The molecule has 3 rings (SSSR count). The molecule has 1 saturated heterocycles. The summed E-state index contributed by atoms with van der Waals surface area (Å²) in [5.41, 5.74) is -0.494. The number of carbonyl (C=O) groups excluding carboxylic acids is 1. The van der Waals surface area contributed by atoms with Gasteiger partial charge in [0.05, 0.1) is 12.7 Å². The molecule has 1 aliphatic heterocycles.